The molecule has 0 aliphatic carbocycles. The Morgan fingerprint density at radius 3 is 1.56 bits per heavy atom. The average molecular weight is 450 g/mol. The fraction of sp³-hybridized carbons (Fsp3) is 1.00. The summed E-state index contributed by atoms with van der Waals surface area (Å²) in [6.45, 7) is 27.6. The van der Waals surface area contributed by atoms with Crippen LogP contribution in [0.25, 0.3) is 0 Å². The lowest BCUT2D eigenvalue weighted by atomic mass is 9.70. The minimum Gasteiger partial charge on any atom is -0.307 e. The van der Waals surface area contributed by atoms with E-state index in [0.717, 1.165) is 11.8 Å². The molecule has 0 saturated carbocycles. The van der Waals surface area contributed by atoms with Crippen molar-refractivity contribution in [3.63, 3.8) is 0 Å². The van der Waals surface area contributed by atoms with Gasteiger partial charge in [0.25, 0.3) is 0 Å². The quantitative estimate of drug-likeness (QED) is 0.347. The zero-order valence-corrected chi connectivity index (χ0v) is 23.8. The molecule has 2 fully saturated rings. The summed E-state index contributed by atoms with van der Waals surface area (Å²) in [5, 5.41) is 7.71. The molecule has 3 heteroatoms. The maximum Gasteiger partial charge on any atom is 0.0145 e. The Hall–Kier alpha value is -0.120. The predicted octanol–water partition coefficient (Wildman–Crippen LogP) is 7.15. The molecule has 2 aliphatic heterocycles. The number of nitrogens with zero attached hydrogens (tertiary/aromatic N) is 1. The lowest BCUT2D eigenvalue weighted by Gasteiger charge is -2.50. The smallest absolute Gasteiger partial charge is 0.0145 e. The van der Waals surface area contributed by atoms with Gasteiger partial charge in [0.15, 0.2) is 0 Å². The normalized spacial score (nSPS) is 26.5. The second-order valence-electron chi connectivity index (χ2n) is 14.5. The van der Waals surface area contributed by atoms with E-state index in [-0.39, 0.29) is 22.2 Å². The van der Waals surface area contributed by atoms with Crippen LogP contribution in [0, 0.1) is 11.8 Å². The maximum atomic E-state index is 3.86. The van der Waals surface area contributed by atoms with Crippen LogP contribution in [-0.4, -0.2) is 45.7 Å². The molecule has 2 rings (SSSR count). The third-order valence-corrected chi connectivity index (χ3v) is 8.15. The van der Waals surface area contributed by atoms with Gasteiger partial charge >= 0.3 is 0 Å². The highest BCUT2D eigenvalue weighted by molar-refractivity contribution is 5.01. The number of nitrogens with one attached hydrogen (secondary N) is 2. The van der Waals surface area contributed by atoms with Gasteiger partial charge in [0, 0.05) is 34.2 Å². The summed E-state index contributed by atoms with van der Waals surface area (Å²) in [7, 11) is 0. The van der Waals surface area contributed by atoms with Crippen molar-refractivity contribution in [2.75, 3.05) is 6.54 Å². The van der Waals surface area contributed by atoms with E-state index < -0.39 is 0 Å². The highest BCUT2D eigenvalue weighted by Crippen LogP contribution is 2.38. The van der Waals surface area contributed by atoms with E-state index in [2.05, 4.69) is 91.7 Å². The summed E-state index contributed by atoms with van der Waals surface area (Å²) in [4.78, 5) is 2.81. The topological polar surface area (TPSA) is 27.3 Å². The maximum absolute atomic E-state index is 3.86. The number of unbranched alkanes of at least 4 members (excludes halogenated alkanes) is 3. The minimum absolute atomic E-state index is 0.230. The Bertz CT molecular complexity index is 543. The van der Waals surface area contributed by atoms with Crippen molar-refractivity contribution < 1.29 is 0 Å². The summed E-state index contributed by atoms with van der Waals surface area (Å²) in [6.07, 6.45) is 12.1. The number of hydrogen-bond donors (Lipinski definition) is 2. The second kappa shape index (κ2) is 10.6. The van der Waals surface area contributed by atoms with Gasteiger partial charge in [-0.05, 0) is 120 Å². The summed E-state index contributed by atoms with van der Waals surface area (Å²) in [5.41, 5.74) is 1.01. The molecule has 0 bridgehead atoms. The SMILES string of the molecule is CC(CCCCCCN(C(C)C)C1CC(C)(C)NC(C)(C)C1)C1CC(C)(C)NC(C)(C)C1. The molecule has 0 spiro atoms. The number of hydrogen-bond acceptors (Lipinski definition) is 3. The van der Waals surface area contributed by atoms with E-state index in [4.69, 9.17) is 0 Å². The van der Waals surface area contributed by atoms with Gasteiger partial charge in [-0.15, -0.1) is 0 Å². The van der Waals surface area contributed by atoms with Gasteiger partial charge in [-0.1, -0.05) is 32.6 Å². The number of piperidine rings is 2. The van der Waals surface area contributed by atoms with Crippen molar-refractivity contribution in [1.82, 2.24) is 15.5 Å². The van der Waals surface area contributed by atoms with Crippen molar-refractivity contribution in [2.45, 2.75) is 168 Å². The van der Waals surface area contributed by atoms with Crippen molar-refractivity contribution in [3.05, 3.63) is 0 Å². The zero-order valence-electron chi connectivity index (χ0n) is 23.8. The van der Waals surface area contributed by atoms with Gasteiger partial charge in [0.2, 0.25) is 0 Å². The molecule has 3 nitrogen and oxygen atoms in total. The molecule has 2 N–H and O–H groups in total. The molecule has 0 aromatic carbocycles. The van der Waals surface area contributed by atoms with Crippen LogP contribution in [0.5, 0.6) is 0 Å². The van der Waals surface area contributed by atoms with Crippen LogP contribution < -0.4 is 10.6 Å². The predicted molar refractivity (Wildman–Crippen MR) is 142 cm³/mol. The fourth-order valence-corrected chi connectivity index (χ4v) is 7.52. The van der Waals surface area contributed by atoms with E-state index in [1.54, 1.807) is 0 Å². The number of rotatable bonds is 10. The van der Waals surface area contributed by atoms with Crippen LogP contribution in [0.4, 0.5) is 0 Å². The van der Waals surface area contributed by atoms with Crippen LogP contribution in [0.1, 0.15) is 134 Å². The van der Waals surface area contributed by atoms with Crippen LogP contribution in [0.15, 0.2) is 0 Å². The standard InChI is InChI=1S/C29H59N3/c1-22(2)32(25-20-28(8,9)31-29(10,11)21-25)17-15-13-12-14-16-23(3)24-18-26(4,5)30-27(6,7)19-24/h22-25,30-31H,12-21H2,1-11H3. The van der Waals surface area contributed by atoms with Gasteiger partial charge in [-0.3, -0.25) is 4.90 Å². The molecular formula is C29H59N3. The first-order valence-corrected chi connectivity index (χ1v) is 13.9. The molecule has 0 aromatic rings. The van der Waals surface area contributed by atoms with Gasteiger partial charge in [-0.25, -0.2) is 0 Å². The lowest BCUT2D eigenvalue weighted by Crippen LogP contribution is -2.63. The Balaban J connectivity index is 1.74. The molecule has 2 aliphatic rings. The van der Waals surface area contributed by atoms with Gasteiger partial charge < -0.3 is 10.6 Å². The first kappa shape index (κ1) is 28.1. The summed E-state index contributed by atoms with van der Waals surface area (Å²) < 4.78 is 0. The molecular weight excluding hydrogens is 390 g/mol. The van der Waals surface area contributed by atoms with Crippen LogP contribution in [0.3, 0.4) is 0 Å². The first-order valence-electron chi connectivity index (χ1n) is 13.9. The Kier molecular flexibility index (Phi) is 9.36. The van der Waals surface area contributed by atoms with Crippen molar-refractivity contribution in [2.24, 2.45) is 11.8 Å². The molecule has 190 valence electrons. The molecule has 32 heavy (non-hydrogen) atoms. The molecule has 0 aromatic heterocycles. The average Bonchev–Trinajstić information content (AvgIpc) is 2.54. The second-order valence-corrected chi connectivity index (χ2v) is 14.5. The largest absolute Gasteiger partial charge is 0.307 e. The van der Waals surface area contributed by atoms with E-state index >= 15 is 0 Å². The Labute approximate surface area is 202 Å². The molecule has 2 heterocycles. The Morgan fingerprint density at radius 1 is 0.656 bits per heavy atom. The first-order chi connectivity index (χ1) is 14.5. The van der Waals surface area contributed by atoms with Gasteiger partial charge in [-0.2, -0.15) is 0 Å². The third-order valence-electron chi connectivity index (χ3n) is 8.15. The third kappa shape index (κ3) is 8.91. The van der Waals surface area contributed by atoms with E-state index in [9.17, 15) is 0 Å². The Morgan fingerprint density at radius 2 is 1.09 bits per heavy atom. The molecule has 1 atom stereocenters. The zero-order chi connectivity index (χ0) is 24.4. The van der Waals surface area contributed by atoms with Gasteiger partial charge in [0.1, 0.15) is 0 Å². The van der Waals surface area contributed by atoms with Crippen LogP contribution >= 0.6 is 0 Å². The van der Waals surface area contributed by atoms with Crippen molar-refractivity contribution in [1.29, 1.82) is 0 Å². The monoisotopic (exact) mass is 449 g/mol. The van der Waals surface area contributed by atoms with E-state index in [1.807, 2.05) is 0 Å². The van der Waals surface area contributed by atoms with Crippen LogP contribution in [-0.2, 0) is 0 Å². The molecule has 1 unspecified atom stereocenters. The fourth-order valence-electron chi connectivity index (χ4n) is 7.52. The highest BCUT2D eigenvalue weighted by Gasteiger charge is 2.41. The minimum atomic E-state index is 0.230. The lowest BCUT2D eigenvalue weighted by molar-refractivity contribution is 0.0465. The van der Waals surface area contributed by atoms with E-state index in [1.165, 1.54) is 64.3 Å². The van der Waals surface area contributed by atoms with Crippen LogP contribution in [0.2, 0.25) is 0 Å². The highest BCUT2D eigenvalue weighted by atomic mass is 15.2. The summed E-state index contributed by atoms with van der Waals surface area (Å²) >= 11 is 0. The van der Waals surface area contributed by atoms with Crippen molar-refractivity contribution in [3.8, 4) is 0 Å². The van der Waals surface area contributed by atoms with Crippen molar-refractivity contribution >= 4 is 0 Å². The molecule has 0 radical (unpaired) electrons. The molecule has 2 saturated heterocycles. The van der Waals surface area contributed by atoms with Gasteiger partial charge in [0.05, 0.1) is 0 Å². The summed E-state index contributed by atoms with van der Waals surface area (Å²) in [5.74, 6) is 1.71. The molecule has 0 amide bonds. The van der Waals surface area contributed by atoms with E-state index in [0.29, 0.717) is 12.1 Å². The summed E-state index contributed by atoms with van der Waals surface area (Å²) in [6, 6.07) is 1.34.